The normalized spacial score (nSPS) is 12.1. The minimum atomic E-state index is -0.242. The van der Waals surface area contributed by atoms with Gasteiger partial charge in [0, 0.05) is 16.0 Å². The molecule has 116 valence electrons. The summed E-state index contributed by atoms with van der Waals surface area (Å²) in [4.78, 5) is 13.4. The van der Waals surface area contributed by atoms with Gasteiger partial charge >= 0.3 is 0 Å². The summed E-state index contributed by atoms with van der Waals surface area (Å²) in [5.41, 5.74) is 0.833. The van der Waals surface area contributed by atoms with Gasteiger partial charge in [-0.05, 0) is 30.5 Å². The van der Waals surface area contributed by atoms with Gasteiger partial charge in [0.1, 0.15) is 0 Å². The number of anilines is 1. The summed E-state index contributed by atoms with van der Waals surface area (Å²) in [5.74, 6) is -0.0359. The fourth-order valence-electron chi connectivity index (χ4n) is 2.35. The summed E-state index contributed by atoms with van der Waals surface area (Å²) in [6.45, 7) is 1.88. The predicted molar refractivity (Wildman–Crippen MR) is 99.3 cm³/mol. The number of hydrogen-bond acceptors (Lipinski definition) is 2. The van der Waals surface area contributed by atoms with Gasteiger partial charge < -0.3 is 5.32 Å². The van der Waals surface area contributed by atoms with E-state index in [-0.39, 0.29) is 11.2 Å². The molecule has 23 heavy (non-hydrogen) atoms. The molecule has 3 aromatic rings. The van der Waals surface area contributed by atoms with Crippen molar-refractivity contribution in [1.29, 1.82) is 0 Å². The topological polar surface area (TPSA) is 29.1 Å². The highest BCUT2D eigenvalue weighted by Crippen LogP contribution is 2.31. The molecule has 0 aliphatic carbocycles. The zero-order valence-electron chi connectivity index (χ0n) is 12.6. The molecule has 0 radical (unpaired) electrons. The molecular formula is C19H16ClNOS. The Kier molecular flexibility index (Phi) is 4.89. The number of hydrogen-bond donors (Lipinski definition) is 1. The number of rotatable bonds is 4. The van der Waals surface area contributed by atoms with Gasteiger partial charge in [0.2, 0.25) is 5.91 Å². The van der Waals surface area contributed by atoms with Crippen LogP contribution in [0.1, 0.15) is 6.92 Å². The van der Waals surface area contributed by atoms with E-state index >= 15 is 0 Å². The van der Waals surface area contributed by atoms with Gasteiger partial charge in [-0.25, -0.2) is 0 Å². The average molecular weight is 342 g/mol. The van der Waals surface area contributed by atoms with Gasteiger partial charge in [0.15, 0.2) is 0 Å². The molecular weight excluding hydrogens is 326 g/mol. The molecule has 1 amide bonds. The Bertz CT molecular complexity index is 844. The largest absolute Gasteiger partial charge is 0.325 e. The second-order valence-corrected chi connectivity index (χ2v) is 7.00. The van der Waals surface area contributed by atoms with Crippen molar-refractivity contribution in [2.75, 3.05) is 5.32 Å². The zero-order chi connectivity index (χ0) is 16.2. The number of amides is 1. The second-order valence-electron chi connectivity index (χ2n) is 5.21. The minimum absolute atomic E-state index is 0.0359. The Balaban J connectivity index is 1.77. The van der Waals surface area contributed by atoms with Crippen LogP contribution >= 0.6 is 23.4 Å². The summed E-state index contributed by atoms with van der Waals surface area (Å²) in [6, 6.07) is 21.5. The highest BCUT2D eigenvalue weighted by Gasteiger charge is 2.16. The summed E-state index contributed by atoms with van der Waals surface area (Å²) < 4.78 is 0. The molecule has 3 aromatic carbocycles. The lowest BCUT2D eigenvalue weighted by atomic mass is 10.1. The molecule has 0 aliphatic rings. The molecule has 0 saturated heterocycles. The van der Waals surface area contributed by atoms with Gasteiger partial charge in [0.05, 0.1) is 10.3 Å². The van der Waals surface area contributed by atoms with Crippen molar-refractivity contribution >= 4 is 45.7 Å². The minimum Gasteiger partial charge on any atom is -0.325 e. The van der Waals surface area contributed by atoms with Crippen LogP contribution < -0.4 is 5.32 Å². The molecule has 0 aromatic heterocycles. The van der Waals surface area contributed by atoms with E-state index in [1.807, 2.05) is 73.7 Å². The van der Waals surface area contributed by atoms with Crippen LogP contribution in [-0.4, -0.2) is 11.2 Å². The summed E-state index contributed by atoms with van der Waals surface area (Å²) in [5, 5.41) is 5.60. The average Bonchev–Trinajstić information content (AvgIpc) is 2.57. The fraction of sp³-hybridized carbons (Fsp3) is 0.105. The summed E-state index contributed by atoms with van der Waals surface area (Å²) in [7, 11) is 0. The van der Waals surface area contributed by atoms with E-state index < -0.39 is 0 Å². The Morgan fingerprint density at radius 2 is 1.70 bits per heavy atom. The molecule has 1 atom stereocenters. The molecule has 2 nitrogen and oxygen atoms in total. The molecule has 0 bridgehead atoms. The van der Waals surface area contributed by atoms with Crippen molar-refractivity contribution in [2.24, 2.45) is 0 Å². The number of nitrogens with one attached hydrogen (secondary N) is 1. The molecule has 4 heteroatoms. The molecule has 1 N–H and O–H groups in total. The van der Waals surface area contributed by atoms with Gasteiger partial charge in [-0.3, -0.25) is 4.79 Å². The lowest BCUT2D eigenvalue weighted by Gasteiger charge is -2.14. The second kappa shape index (κ2) is 7.07. The number of carbonyl (C=O) groups excluding carboxylic acids is 1. The SMILES string of the molecule is C[C@H](Sc1ccccc1Cl)C(=O)Nc1cccc2ccccc12. The first-order chi connectivity index (χ1) is 11.1. The van der Waals surface area contributed by atoms with E-state index in [1.54, 1.807) is 0 Å². The van der Waals surface area contributed by atoms with E-state index in [2.05, 4.69) is 5.32 Å². The maximum Gasteiger partial charge on any atom is 0.237 e. The number of fused-ring (bicyclic) bond motifs is 1. The Morgan fingerprint density at radius 1 is 1.00 bits per heavy atom. The van der Waals surface area contributed by atoms with Crippen molar-refractivity contribution in [3.8, 4) is 0 Å². The summed E-state index contributed by atoms with van der Waals surface area (Å²) >= 11 is 7.62. The number of benzene rings is 3. The molecule has 0 saturated carbocycles. The lowest BCUT2D eigenvalue weighted by molar-refractivity contribution is -0.115. The first-order valence-corrected chi connectivity index (χ1v) is 8.61. The van der Waals surface area contributed by atoms with Crippen LogP contribution in [0, 0.1) is 0 Å². The van der Waals surface area contributed by atoms with Crippen LogP contribution in [0.25, 0.3) is 10.8 Å². The quantitative estimate of drug-likeness (QED) is 0.625. The third-order valence-electron chi connectivity index (χ3n) is 3.56. The summed E-state index contributed by atoms with van der Waals surface area (Å²) in [6.07, 6.45) is 0. The van der Waals surface area contributed by atoms with Crippen molar-refractivity contribution in [2.45, 2.75) is 17.1 Å². The number of halogens is 1. The Hall–Kier alpha value is -1.97. The van der Waals surface area contributed by atoms with Gasteiger partial charge in [-0.2, -0.15) is 0 Å². The Labute approximate surface area is 144 Å². The van der Waals surface area contributed by atoms with Crippen LogP contribution in [0.5, 0.6) is 0 Å². The number of thioether (sulfide) groups is 1. The standard InChI is InChI=1S/C19H16ClNOS/c1-13(23-18-12-5-4-10-16(18)20)19(22)21-17-11-6-8-14-7-2-3-9-15(14)17/h2-13H,1H3,(H,21,22)/t13-/m0/s1. The maximum atomic E-state index is 12.5. The van der Waals surface area contributed by atoms with Gasteiger partial charge in [-0.1, -0.05) is 60.1 Å². The van der Waals surface area contributed by atoms with Crippen molar-refractivity contribution < 1.29 is 4.79 Å². The van der Waals surface area contributed by atoms with Crippen molar-refractivity contribution in [3.05, 3.63) is 71.8 Å². The highest BCUT2D eigenvalue weighted by atomic mass is 35.5. The van der Waals surface area contributed by atoms with E-state index in [9.17, 15) is 4.79 Å². The molecule has 0 unspecified atom stereocenters. The van der Waals surface area contributed by atoms with Gasteiger partial charge in [-0.15, -0.1) is 11.8 Å². The zero-order valence-corrected chi connectivity index (χ0v) is 14.2. The van der Waals surface area contributed by atoms with Crippen molar-refractivity contribution in [1.82, 2.24) is 0 Å². The third-order valence-corrected chi connectivity index (χ3v) is 5.18. The van der Waals surface area contributed by atoms with Crippen LogP contribution in [0.4, 0.5) is 5.69 Å². The molecule has 0 spiro atoms. The smallest absolute Gasteiger partial charge is 0.237 e. The van der Waals surface area contributed by atoms with E-state index in [4.69, 9.17) is 11.6 Å². The first kappa shape index (κ1) is 15.9. The van der Waals surface area contributed by atoms with Crippen molar-refractivity contribution in [3.63, 3.8) is 0 Å². The molecule has 0 heterocycles. The Morgan fingerprint density at radius 3 is 2.52 bits per heavy atom. The van der Waals surface area contributed by atoms with Gasteiger partial charge in [0.25, 0.3) is 0 Å². The maximum absolute atomic E-state index is 12.5. The lowest BCUT2D eigenvalue weighted by Crippen LogP contribution is -2.22. The van der Waals surface area contributed by atoms with Crippen LogP contribution in [0.2, 0.25) is 5.02 Å². The monoisotopic (exact) mass is 341 g/mol. The highest BCUT2D eigenvalue weighted by molar-refractivity contribution is 8.00. The van der Waals surface area contributed by atoms with Crippen LogP contribution in [0.15, 0.2) is 71.6 Å². The molecule has 0 fully saturated rings. The molecule has 0 aliphatic heterocycles. The predicted octanol–water partition coefficient (Wildman–Crippen LogP) is 5.61. The first-order valence-electron chi connectivity index (χ1n) is 7.35. The van der Waals surface area contributed by atoms with E-state index in [1.165, 1.54) is 11.8 Å². The fourth-order valence-corrected chi connectivity index (χ4v) is 3.51. The number of carbonyl (C=O) groups is 1. The van der Waals surface area contributed by atoms with Crippen LogP contribution in [-0.2, 0) is 4.79 Å². The molecule has 3 rings (SSSR count). The third kappa shape index (κ3) is 3.69. The van der Waals surface area contributed by atoms with E-state index in [0.717, 1.165) is 21.4 Å². The van der Waals surface area contributed by atoms with E-state index in [0.29, 0.717) is 5.02 Å². The van der Waals surface area contributed by atoms with Crippen LogP contribution in [0.3, 0.4) is 0 Å².